The minimum atomic E-state index is -0.305. The summed E-state index contributed by atoms with van der Waals surface area (Å²) >= 11 is 7.63. The standard InChI is InChI=1S/C24H29ClN4O2S/c1-7-29-23(18(6)31-19-11-16(4)21(25)17(5)12-19)27-28-24(29)32-13-20(30)26-22-14(2)9-8-10-15(22)3/h8-12,18H,7,13H2,1-6H3,(H,26,30). The van der Waals surface area contributed by atoms with Crippen molar-refractivity contribution in [1.29, 1.82) is 0 Å². The summed E-state index contributed by atoms with van der Waals surface area (Å²) in [6.07, 6.45) is -0.305. The van der Waals surface area contributed by atoms with E-state index in [-0.39, 0.29) is 17.8 Å². The number of carbonyl (C=O) groups excluding carboxylic acids is 1. The van der Waals surface area contributed by atoms with Gasteiger partial charge in [0.15, 0.2) is 17.1 Å². The van der Waals surface area contributed by atoms with E-state index in [0.29, 0.717) is 11.7 Å². The van der Waals surface area contributed by atoms with Crippen LogP contribution in [-0.2, 0) is 11.3 Å². The fraction of sp³-hybridized carbons (Fsp3) is 0.375. The maximum Gasteiger partial charge on any atom is 0.234 e. The number of thioether (sulfide) groups is 1. The van der Waals surface area contributed by atoms with Crippen LogP contribution in [0.25, 0.3) is 0 Å². The van der Waals surface area contributed by atoms with Crippen molar-refractivity contribution in [2.45, 2.75) is 59.3 Å². The minimum absolute atomic E-state index is 0.0731. The molecule has 1 N–H and O–H groups in total. The smallest absolute Gasteiger partial charge is 0.234 e. The number of hydrogen-bond acceptors (Lipinski definition) is 5. The van der Waals surface area contributed by atoms with Crippen LogP contribution in [-0.4, -0.2) is 26.4 Å². The molecule has 1 amide bonds. The number of nitrogens with one attached hydrogen (secondary N) is 1. The Balaban J connectivity index is 1.68. The molecule has 170 valence electrons. The van der Waals surface area contributed by atoms with Gasteiger partial charge in [-0.2, -0.15) is 0 Å². The Morgan fingerprint density at radius 1 is 1.12 bits per heavy atom. The summed E-state index contributed by atoms with van der Waals surface area (Å²) in [5.41, 5.74) is 4.89. The molecule has 0 saturated carbocycles. The van der Waals surface area contributed by atoms with Crippen LogP contribution in [0.2, 0.25) is 5.02 Å². The number of nitrogens with zero attached hydrogens (tertiary/aromatic N) is 3. The SMILES string of the molecule is CCn1c(SCC(=O)Nc2c(C)cccc2C)nnc1C(C)Oc1cc(C)c(Cl)c(C)c1. The molecule has 8 heteroatoms. The summed E-state index contributed by atoms with van der Waals surface area (Å²) in [5, 5.41) is 13.1. The predicted molar refractivity (Wildman–Crippen MR) is 131 cm³/mol. The Morgan fingerprint density at radius 3 is 2.34 bits per heavy atom. The zero-order chi connectivity index (χ0) is 23.4. The lowest BCUT2D eigenvalue weighted by atomic mass is 10.1. The number of ether oxygens (including phenoxy) is 1. The molecule has 2 aromatic carbocycles. The molecule has 6 nitrogen and oxygen atoms in total. The number of aromatic nitrogens is 3. The first-order valence-corrected chi connectivity index (χ1v) is 11.9. The average molecular weight is 473 g/mol. The van der Waals surface area contributed by atoms with Crippen LogP contribution in [0.3, 0.4) is 0 Å². The Kier molecular flexibility index (Phi) is 7.85. The lowest BCUT2D eigenvalue weighted by Gasteiger charge is -2.17. The van der Waals surface area contributed by atoms with Crippen LogP contribution in [0.15, 0.2) is 35.5 Å². The molecule has 0 aliphatic heterocycles. The number of halogens is 1. The van der Waals surface area contributed by atoms with Gasteiger partial charge in [-0.25, -0.2) is 0 Å². The van der Waals surface area contributed by atoms with Crippen LogP contribution < -0.4 is 10.1 Å². The van der Waals surface area contributed by atoms with Gasteiger partial charge in [-0.15, -0.1) is 10.2 Å². The predicted octanol–water partition coefficient (Wildman–Crippen LogP) is 6.06. The topological polar surface area (TPSA) is 69.0 Å². The van der Waals surface area contributed by atoms with Gasteiger partial charge in [0.2, 0.25) is 5.91 Å². The summed E-state index contributed by atoms with van der Waals surface area (Å²) in [6, 6.07) is 9.80. The summed E-state index contributed by atoms with van der Waals surface area (Å²) in [6.45, 7) is 12.5. The van der Waals surface area contributed by atoms with Crippen LogP contribution in [0.1, 0.15) is 48.0 Å². The summed E-state index contributed by atoms with van der Waals surface area (Å²) in [4.78, 5) is 12.5. The first-order valence-electron chi connectivity index (χ1n) is 10.6. The lowest BCUT2D eigenvalue weighted by Crippen LogP contribution is -2.16. The molecule has 0 spiro atoms. The maximum absolute atomic E-state index is 12.5. The fourth-order valence-corrected chi connectivity index (χ4v) is 4.47. The highest BCUT2D eigenvalue weighted by molar-refractivity contribution is 7.99. The molecule has 0 aliphatic carbocycles. The number of rotatable bonds is 8. The molecular weight excluding hydrogens is 444 g/mol. The van der Waals surface area contributed by atoms with E-state index >= 15 is 0 Å². The van der Waals surface area contributed by atoms with Gasteiger partial charge in [0.05, 0.1) is 5.75 Å². The molecule has 0 radical (unpaired) electrons. The number of anilines is 1. The summed E-state index contributed by atoms with van der Waals surface area (Å²) in [7, 11) is 0. The Bertz CT molecular complexity index is 1090. The number of aryl methyl sites for hydroxylation is 4. The van der Waals surface area contributed by atoms with E-state index in [1.807, 2.05) is 76.4 Å². The molecule has 3 rings (SSSR count). The second-order valence-corrected chi connectivity index (χ2v) is 9.14. The van der Waals surface area contributed by atoms with Gasteiger partial charge in [0, 0.05) is 17.3 Å². The molecule has 3 aromatic rings. The second-order valence-electron chi connectivity index (χ2n) is 7.82. The van der Waals surface area contributed by atoms with E-state index < -0.39 is 0 Å². The number of benzene rings is 2. The van der Waals surface area contributed by atoms with Crippen molar-refractivity contribution in [2.24, 2.45) is 0 Å². The van der Waals surface area contributed by atoms with Gasteiger partial charge in [0.25, 0.3) is 0 Å². The molecule has 0 aliphatic rings. The highest BCUT2D eigenvalue weighted by Crippen LogP contribution is 2.30. The number of amides is 1. The largest absolute Gasteiger partial charge is 0.483 e. The van der Waals surface area contributed by atoms with E-state index in [2.05, 4.69) is 15.5 Å². The minimum Gasteiger partial charge on any atom is -0.483 e. The lowest BCUT2D eigenvalue weighted by molar-refractivity contribution is -0.113. The molecule has 32 heavy (non-hydrogen) atoms. The summed E-state index contributed by atoms with van der Waals surface area (Å²) < 4.78 is 8.12. The molecule has 0 fully saturated rings. The van der Waals surface area contributed by atoms with E-state index in [0.717, 1.165) is 44.5 Å². The quantitative estimate of drug-likeness (QED) is 0.404. The number of para-hydroxylation sites is 1. The zero-order valence-corrected chi connectivity index (χ0v) is 20.9. The van der Waals surface area contributed by atoms with E-state index in [4.69, 9.17) is 16.3 Å². The third-order valence-corrected chi connectivity index (χ3v) is 6.79. The van der Waals surface area contributed by atoms with E-state index in [1.165, 1.54) is 11.8 Å². The molecule has 0 saturated heterocycles. The number of hydrogen-bond donors (Lipinski definition) is 1. The van der Waals surface area contributed by atoms with Crippen LogP contribution in [0.4, 0.5) is 5.69 Å². The van der Waals surface area contributed by atoms with Gasteiger partial charge in [0.1, 0.15) is 5.75 Å². The Morgan fingerprint density at radius 2 is 1.75 bits per heavy atom. The third kappa shape index (κ3) is 5.45. The maximum atomic E-state index is 12.5. The van der Waals surface area contributed by atoms with E-state index in [9.17, 15) is 4.79 Å². The van der Waals surface area contributed by atoms with Crippen molar-refractivity contribution in [2.75, 3.05) is 11.1 Å². The molecule has 1 unspecified atom stereocenters. The zero-order valence-electron chi connectivity index (χ0n) is 19.3. The highest BCUT2D eigenvalue weighted by atomic mass is 35.5. The molecule has 0 bridgehead atoms. The third-order valence-electron chi connectivity index (χ3n) is 5.23. The van der Waals surface area contributed by atoms with Gasteiger partial charge >= 0.3 is 0 Å². The van der Waals surface area contributed by atoms with Crippen molar-refractivity contribution < 1.29 is 9.53 Å². The van der Waals surface area contributed by atoms with Gasteiger partial charge in [-0.1, -0.05) is 41.6 Å². The normalized spacial score (nSPS) is 12.0. The fourth-order valence-electron chi connectivity index (χ4n) is 3.55. The van der Waals surface area contributed by atoms with Crippen molar-refractivity contribution in [3.8, 4) is 5.75 Å². The molecule has 1 aromatic heterocycles. The first kappa shape index (κ1) is 24.1. The molecule has 1 atom stereocenters. The molecule has 1 heterocycles. The highest BCUT2D eigenvalue weighted by Gasteiger charge is 2.20. The monoisotopic (exact) mass is 472 g/mol. The van der Waals surface area contributed by atoms with Gasteiger partial charge < -0.3 is 14.6 Å². The van der Waals surface area contributed by atoms with Crippen molar-refractivity contribution in [1.82, 2.24) is 14.8 Å². The van der Waals surface area contributed by atoms with Crippen molar-refractivity contribution >= 4 is 35.0 Å². The van der Waals surface area contributed by atoms with Crippen LogP contribution >= 0.6 is 23.4 Å². The van der Waals surface area contributed by atoms with E-state index in [1.54, 1.807) is 0 Å². The number of carbonyl (C=O) groups is 1. The van der Waals surface area contributed by atoms with Gasteiger partial charge in [-0.05, 0) is 75.9 Å². The first-order chi connectivity index (χ1) is 15.2. The summed E-state index contributed by atoms with van der Waals surface area (Å²) in [5.74, 6) is 1.63. The van der Waals surface area contributed by atoms with Crippen LogP contribution in [0, 0.1) is 27.7 Å². The van der Waals surface area contributed by atoms with Crippen molar-refractivity contribution in [3.05, 3.63) is 63.4 Å². The van der Waals surface area contributed by atoms with Gasteiger partial charge in [-0.3, -0.25) is 4.79 Å². The Hall–Kier alpha value is -2.51. The molecular formula is C24H29ClN4O2S. The second kappa shape index (κ2) is 10.4. The average Bonchev–Trinajstić information content (AvgIpc) is 3.16. The Labute approximate surface area is 198 Å². The van der Waals surface area contributed by atoms with Crippen molar-refractivity contribution in [3.63, 3.8) is 0 Å². The van der Waals surface area contributed by atoms with Crippen LogP contribution in [0.5, 0.6) is 5.75 Å².